The van der Waals surface area contributed by atoms with Crippen molar-refractivity contribution in [3.8, 4) is 0 Å². The van der Waals surface area contributed by atoms with Crippen LogP contribution in [0.5, 0.6) is 0 Å². The lowest BCUT2D eigenvalue weighted by Gasteiger charge is -2.13. The van der Waals surface area contributed by atoms with Crippen LogP contribution in [0.1, 0.15) is 5.56 Å². The van der Waals surface area contributed by atoms with E-state index in [1.165, 1.54) is 11.0 Å². The van der Waals surface area contributed by atoms with Crippen LogP contribution in [0.4, 0.5) is 14.9 Å². The van der Waals surface area contributed by atoms with Gasteiger partial charge in [0.2, 0.25) is 0 Å². The Morgan fingerprint density at radius 1 is 1.26 bits per heavy atom. The van der Waals surface area contributed by atoms with E-state index in [1.54, 1.807) is 12.1 Å². The number of hydrogen-bond acceptors (Lipinski definition) is 3. The molecule has 4 nitrogen and oxygen atoms in total. The molecule has 2 aromatic carbocycles. The molecule has 6 heteroatoms. The van der Waals surface area contributed by atoms with Gasteiger partial charge in [-0.1, -0.05) is 30.3 Å². The predicted molar refractivity (Wildman–Crippen MR) is 87.8 cm³/mol. The van der Waals surface area contributed by atoms with Crippen molar-refractivity contribution < 1.29 is 18.7 Å². The number of amides is 1. The number of carbonyl (C=O) groups is 1. The highest BCUT2D eigenvalue weighted by Crippen LogP contribution is 2.26. The molecule has 0 spiro atoms. The molecule has 23 heavy (non-hydrogen) atoms. The summed E-state index contributed by atoms with van der Waals surface area (Å²) in [6, 6.07) is 14.3. The van der Waals surface area contributed by atoms with Gasteiger partial charge in [-0.05, 0) is 39.7 Å². The Morgan fingerprint density at radius 2 is 2.04 bits per heavy atom. The first-order chi connectivity index (χ1) is 11.1. The van der Waals surface area contributed by atoms with Gasteiger partial charge in [-0.3, -0.25) is 4.90 Å². The molecular weight excluding hydrogens is 365 g/mol. The molecule has 0 aliphatic carbocycles. The molecule has 1 aliphatic heterocycles. The van der Waals surface area contributed by atoms with Crippen LogP contribution in [0.3, 0.4) is 0 Å². The third-order valence-corrected chi connectivity index (χ3v) is 4.15. The molecule has 2 aromatic rings. The molecule has 120 valence electrons. The van der Waals surface area contributed by atoms with Gasteiger partial charge in [-0.25, -0.2) is 9.18 Å². The molecule has 1 amide bonds. The fourth-order valence-corrected chi connectivity index (χ4v) is 2.60. The van der Waals surface area contributed by atoms with Crippen LogP contribution in [0.2, 0.25) is 0 Å². The highest BCUT2D eigenvalue weighted by Gasteiger charge is 2.32. The number of ether oxygens (including phenoxy) is 2. The molecule has 3 rings (SSSR count). The minimum absolute atomic E-state index is 0.302. The number of anilines is 1. The van der Waals surface area contributed by atoms with Crippen molar-refractivity contribution >= 4 is 27.7 Å². The van der Waals surface area contributed by atoms with E-state index in [-0.39, 0.29) is 6.10 Å². The summed E-state index contributed by atoms with van der Waals surface area (Å²) in [5, 5.41) is 0. The van der Waals surface area contributed by atoms with Crippen LogP contribution in [-0.4, -0.2) is 25.3 Å². The van der Waals surface area contributed by atoms with E-state index in [9.17, 15) is 9.18 Å². The van der Waals surface area contributed by atoms with Crippen LogP contribution in [0, 0.1) is 5.82 Å². The van der Waals surface area contributed by atoms with E-state index in [0.717, 1.165) is 5.56 Å². The first kappa shape index (κ1) is 16.0. The maximum absolute atomic E-state index is 13.6. The van der Waals surface area contributed by atoms with Crippen molar-refractivity contribution in [3.05, 3.63) is 64.4 Å². The van der Waals surface area contributed by atoms with E-state index in [0.29, 0.717) is 29.9 Å². The monoisotopic (exact) mass is 379 g/mol. The maximum atomic E-state index is 13.6. The van der Waals surface area contributed by atoms with E-state index in [4.69, 9.17) is 9.47 Å². The standard InChI is InChI=1S/C17H15BrFNO3/c18-15-7-6-13(8-16(15)19)20-9-14(23-17(20)21)11-22-10-12-4-2-1-3-5-12/h1-8,14H,9-11H2/t14-/m1/s1. The van der Waals surface area contributed by atoms with Gasteiger partial charge in [0.25, 0.3) is 0 Å². The molecule has 0 N–H and O–H groups in total. The third-order valence-electron chi connectivity index (χ3n) is 3.50. The predicted octanol–water partition coefficient (Wildman–Crippen LogP) is 4.13. The van der Waals surface area contributed by atoms with Crippen LogP contribution >= 0.6 is 15.9 Å². The summed E-state index contributed by atoms with van der Waals surface area (Å²) in [6.07, 6.45) is -0.849. The van der Waals surface area contributed by atoms with E-state index < -0.39 is 11.9 Å². The molecule has 0 radical (unpaired) electrons. The lowest BCUT2D eigenvalue weighted by atomic mass is 10.2. The summed E-state index contributed by atoms with van der Waals surface area (Å²) in [4.78, 5) is 13.3. The quantitative estimate of drug-likeness (QED) is 0.783. The number of cyclic esters (lactones) is 1. The summed E-state index contributed by atoms with van der Waals surface area (Å²) in [6.45, 7) is 1.10. The first-order valence-electron chi connectivity index (χ1n) is 7.18. The number of hydrogen-bond donors (Lipinski definition) is 0. The molecule has 0 unspecified atom stereocenters. The highest BCUT2D eigenvalue weighted by molar-refractivity contribution is 9.10. The van der Waals surface area contributed by atoms with E-state index >= 15 is 0 Å². The van der Waals surface area contributed by atoms with Crippen molar-refractivity contribution in [1.82, 2.24) is 0 Å². The third kappa shape index (κ3) is 3.89. The van der Waals surface area contributed by atoms with E-state index in [1.807, 2.05) is 30.3 Å². The average molecular weight is 380 g/mol. The van der Waals surface area contributed by atoms with Gasteiger partial charge in [0.1, 0.15) is 11.9 Å². The Morgan fingerprint density at radius 3 is 2.78 bits per heavy atom. The summed E-state index contributed by atoms with van der Waals surface area (Å²) in [5.41, 5.74) is 1.53. The van der Waals surface area contributed by atoms with Crippen molar-refractivity contribution in [2.75, 3.05) is 18.1 Å². The summed E-state index contributed by atoms with van der Waals surface area (Å²) in [7, 11) is 0. The number of carbonyl (C=O) groups excluding carboxylic acids is 1. The summed E-state index contributed by atoms with van der Waals surface area (Å²) in [5.74, 6) is -0.418. The van der Waals surface area contributed by atoms with Gasteiger partial charge in [0.15, 0.2) is 0 Å². The van der Waals surface area contributed by atoms with Gasteiger partial charge >= 0.3 is 6.09 Å². The molecule has 1 heterocycles. The molecule has 1 aliphatic rings. The zero-order valence-corrected chi connectivity index (χ0v) is 13.8. The normalized spacial score (nSPS) is 17.4. The van der Waals surface area contributed by atoms with Gasteiger partial charge in [-0.15, -0.1) is 0 Å². The highest BCUT2D eigenvalue weighted by atomic mass is 79.9. The van der Waals surface area contributed by atoms with Gasteiger partial charge in [0, 0.05) is 0 Å². The minimum atomic E-state index is -0.486. The van der Waals surface area contributed by atoms with Gasteiger partial charge in [-0.2, -0.15) is 0 Å². The van der Waals surface area contributed by atoms with Crippen molar-refractivity contribution in [2.24, 2.45) is 0 Å². The number of rotatable bonds is 5. The fourth-order valence-electron chi connectivity index (χ4n) is 2.35. The van der Waals surface area contributed by atoms with Crippen molar-refractivity contribution in [3.63, 3.8) is 0 Å². The molecule has 1 saturated heterocycles. The minimum Gasteiger partial charge on any atom is -0.441 e. The molecule has 0 saturated carbocycles. The lowest BCUT2D eigenvalue weighted by Crippen LogP contribution is -2.26. The lowest BCUT2D eigenvalue weighted by molar-refractivity contribution is 0.0381. The number of benzene rings is 2. The molecule has 0 aromatic heterocycles. The van der Waals surface area contributed by atoms with Crippen LogP contribution in [-0.2, 0) is 16.1 Å². The largest absolute Gasteiger partial charge is 0.441 e. The van der Waals surface area contributed by atoms with Crippen LogP contribution < -0.4 is 4.90 Å². The number of nitrogens with zero attached hydrogens (tertiary/aromatic N) is 1. The van der Waals surface area contributed by atoms with Crippen LogP contribution in [0.25, 0.3) is 0 Å². The SMILES string of the molecule is O=C1O[C@@H](COCc2ccccc2)CN1c1ccc(Br)c(F)c1. The Balaban J connectivity index is 1.56. The molecule has 0 bridgehead atoms. The zero-order valence-electron chi connectivity index (χ0n) is 12.2. The molecule has 1 atom stereocenters. The van der Waals surface area contributed by atoms with Gasteiger partial charge in [0.05, 0.1) is 29.9 Å². The Labute approximate surface area is 141 Å². The Hall–Kier alpha value is -1.92. The van der Waals surface area contributed by atoms with Crippen molar-refractivity contribution in [2.45, 2.75) is 12.7 Å². The second-order valence-corrected chi connectivity index (χ2v) is 6.07. The maximum Gasteiger partial charge on any atom is 0.414 e. The molecule has 1 fully saturated rings. The second-order valence-electron chi connectivity index (χ2n) is 5.22. The second kappa shape index (κ2) is 7.10. The fraction of sp³-hybridized carbons (Fsp3) is 0.235. The van der Waals surface area contributed by atoms with Gasteiger partial charge < -0.3 is 9.47 Å². The van der Waals surface area contributed by atoms with Crippen molar-refractivity contribution in [1.29, 1.82) is 0 Å². The summed E-state index contributed by atoms with van der Waals surface area (Å²) >= 11 is 3.09. The smallest absolute Gasteiger partial charge is 0.414 e. The van der Waals surface area contributed by atoms with E-state index in [2.05, 4.69) is 15.9 Å². The van der Waals surface area contributed by atoms with Crippen LogP contribution in [0.15, 0.2) is 53.0 Å². The number of halogens is 2. The Kier molecular flexibility index (Phi) is 4.93. The average Bonchev–Trinajstić information content (AvgIpc) is 2.92. The zero-order chi connectivity index (χ0) is 16.2. The topological polar surface area (TPSA) is 38.8 Å². The first-order valence-corrected chi connectivity index (χ1v) is 7.97. The Bertz CT molecular complexity index is 695. The summed E-state index contributed by atoms with van der Waals surface area (Å²) < 4.78 is 24.8. The molecular formula is C17H15BrFNO3.